The topological polar surface area (TPSA) is 66.8 Å². The number of aliphatic hydroxyl groups is 2. The summed E-state index contributed by atoms with van der Waals surface area (Å²) in [5.41, 5.74) is -1.53. The van der Waals surface area contributed by atoms with Crippen molar-refractivity contribution in [2.75, 3.05) is 7.11 Å². The van der Waals surface area contributed by atoms with Crippen molar-refractivity contribution in [3.05, 3.63) is 23.8 Å². The first-order valence-electron chi connectivity index (χ1n) is 8.16. The number of methoxy groups -OCH3 is 1. The van der Waals surface area contributed by atoms with E-state index in [1.165, 1.54) is 6.08 Å². The third-order valence-corrected chi connectivity index (χ3v) is 6.89. The summed E-state index contributed by atoms with van der Waals surface area (Å²) < 4.78 is 5.67. The van der Waals surface area contributed by atoms with Gasteiger partial charge in [0.1, 0.15) is 11.2 Å². The van der Waals surface area contributed by atoms with E-state index in [1.807, 2.05) is 12.2 Å². The summed E-state index contributed by atoms with van der Waals surface area (Å²) in [7, 11) is 1.57. The van der Waals surface area contributed by atoms with Gasteiger partial charge in [-0.2, -0.15) is 0 Å². The number of hydrogen-bond acceptors (Lipinski definition) is 4. The molecule has 4 nitrogen and oxygen atoms in total. The van der Waals surface area contributed by atoms with Crippen LogP contribution in [0.5, 0.6) is 0 Å². The molecule has 4 rings (SSSR count). The molecule has 0 unspecified atom stereocenters. The number of ketones is 1. The molecule has 2 fully saturated rings. The molecule has 0 amide bonds. The monoisotopic (exact) mass is 304 g/mol. The molecular weight excluding hydrogens is 280 g/mol. The standard InChI is InChI=1S/C18H24O4/c1-16(2)12-8-14(20)18(21)11(15(12)16)5-4-6-17(22-3)9-10(19)7-13(17)18/h4,6-7,11-12,14-15,20-21H,5,8-9H2,1-3H3/t11-,12+,14+,15-,17-,18+/m0/s1. The molecule has 0 aromatic carbocycles. The van der Waals surface area contributed by atoms with Crippen LogP contribution >= 0.6 is 0 Å². The number of allylic oxidation sites excluding steroid dienone is 2. The number of rotatable bonds is 1. The van der Waals surface area contributed by atoms with Crippen molar-refractivity contribution in [1.29, 1.82) is 0 Å². The minimum Gasteiger partial charge on any atom is -0.390 e. The van der Waals surface area contributed by atoms with Gasteiger partial charge in [0.05, 0.1) is 6.10 Å². The molecule has 22 heavy (non-hydrogen) atoms. The number of carbonyl (C=O) groups is 1. The average Bonchev–Trinajstić information content (AvgIpc) is 2.86. The van der Waals surface area contributed by atoms with E-state index in [-0.39, 0.29) is 23.5 Å². The van der Waals surface area contributed by atoms with Gasteiger partial charge >= 0.3 is 0 Å². The van der Waals surface area contributed by atoms with Gasteiger partial charge in [-0.15, -0.1) is 0 Å². The van der Waals surface area contributed by atoms with Crippen LogP contribution in [0.1, 0.15) is 33.1 Å². The van der Waals surface area contributed by atoms with Crippen molar-refractivity contribution < 1.29 is 19.7 Å². The van der Waals surface area contributed by atoms with Gasteiger partial charge < -0.3 is 14.9 Å². The fourth-order valence-corrected chi connectivity index (χ4v) is 5.63. The Kier molecular flexibility index (Phi) is 2.73. The van der Waals surface area contributed by atoms with Crippen LogP contribution in [0.25, 0.3) is 0 Å². The minimum atomic E-state index is -1.36. The normalized spacial score (nSPS) is 51.5. The smallest absolute Gasteiger partial charge is 0.159 e. The van der Waals surface area contributed by atoms with Crippen molar-refractivity contribution in [2.24, 2.45) is 23.2 Å². The van der Waals surface area contributed by atoms with Gasteiger partial charge in [0.2, 0.25) is 0 Å². The molecule has 0 radical (unpaired) electrons. The SMILES string of the molecule is CO[C@]12C=CC[C@H]3[C@H]4[C@@H](C[C@@H](O)[C@]3(O)C1=CC(=O)C2)C4(C)C. The molecule has 4 aliphatic carbocycles. The van der Waals surface area contributed by atoms with Crippen LogP contribution in [-0.4, -0.2) is 40.4 Å². The Morgan fingerprint density at radius 1 is 1.32 bits per heavy atom. The van der Waals surface area contributed by atoms with E-state index in [0.29, 0.717) is 23.8 Å². The zero-order chi connectivity index (χ0) is 15.9. The molecule has 0 aromatic rings. The number of carbonyl (C=O) groups excluding carboxylic acids is 1. The molecule has 0 aromatic heterocycles. The Balaban J connectivity index is 1.87. The highest BCUT2D eigenvalue weighted by atomic mass is 16.5. The van der Waals surface area contributed by atoms with Crippen LogP contribution in [0.2, 0.25) is 0 Å². The highest BCUT2D eigenvalue weighted by molar-refractivity contribution is 5.96. The fourth-order valence-electron chi connectivity index (χ4n) is 5.63. The maximum absolute atomic E-state index is 12.0. The summed E-state index contributed by atoms with van der Waals surface area (Å²) >= 11 is 0. The molecule has 4 heteroatoms. The van der Waals surface area contributed by atoms with Crippen molar-refractivity contribution in [1.82, 2.24) is 0 Å². The molecule has 120 valence electrons. The molecule has 0 spiro atoms. The molecular formula is C18H24O4. The number of aliphatic hydroxyl groups excluding tert-OH is 1. The molecule has 0 heterocycles. The second-order valence-electron chi connectivity index (χ2n) is 8.07. The van der Waals surface area contributed by atoms with E-state index in [1.54, 1.807) is 7.11 Å². The maximum atomic E-state index is 12.0. The van der Waals surface area contributed by atoms with Gasteiger partial charge in [-0.25, -0.2) is 0 Å². The second-order valence-corrected chi connectivity index (χ2v) is 8.07. The van der Waals surface area contributed by atoms with E-state index in [9.17, 15) is 15.0 Å². The lowest BCUT2D eigenvalue weighted by molar-refractivity contribution is -0.129. The number of fused-ring (bicyclic) bond motifs is 5. The first kappa shape index (κ1) is 14.6. The number of ether oxygens (including phenoxy) is 1. The third kappa shape index (κ3) is 1.51. The molecule has 2 N–H and O–H groups in total. The van der Waals surface area contributed by atoms with E-state index < -0.39 is 17.3 Å². The van der Waals surface area contributed by atoms with Gasteiger partial charge in [-0.3, -0.25) is 4.79 Å². The summed E-state index contributed by atoms with van der Waals surface area (Å²) in [6, 6.07) is 0. The lowest BCUT2D eigenvalue weighted by Gasteiger charge is -2.46. The predicted octanol–water partition coefficient (Wildman–Crippen LogP) is 1.61. The zero-order valence-electron chi connectivity index (χ0n) is 13.4. The van der Waals surface area contributed by atoms with Crippen molar-refractivity contribution in [3.8, 4) is 0 Å². The van der Waals surface area contributed by atoms with Crippen molar-refractivity contribution in [2.45, 2.75) is 50.4 Å². The van der Waals surface area contributed by atoms with E-state index in [0.717, 1.165) is 6.42 Å². The van der Waals surface area contributed by atoms with E-state index in [4.69, 9.17) is 4.74 Å². The van der Waals surface area contributed by atoms with Crippen LogP contribution in [0.3, 0.4) is 0 Å². The summed E-state index contributed by atoms with van der Waals surface area (Å²) in [5, 5.41) is 22.3. The van der Waals surface area contributed by atoms with Crippen LogP contribution in [0.4, 0.5) is 0 Å². The quantitative estimate of drug-likeness (QED) is 0.722. The summed E-state index contributed by atoms with van der Waals surface area (Å²) in [6.45, 7) is 4.43. The average molecular weight is 304 g/mol. The Bertz CT molecular complexity index is 604. The lowest BCUT2D eigenvalue weighted by atomic mass is 9.66. The van der Waals surface area contributed by atoms with Crippen molar-refractivity contribution in [3.63, 3.8) is 0 Å². The molecule has 2 saturated carbocycles. The second kappa shape index (κ2) is 4.11. The Labute approximate surface area is 130 Å². The first-order valence-corrected chi connectivity index (χ1v) is 8.16. The fraction of sp³-hybridized carbons (Fsp3) is 0.722. The minimum absolute atomic E-state index is 0.0417. The molecule has 0 saturated heterocycles. The highest BCUT2D eigenvalue weighted by Gasteiger charge is 2.72. The van der Waals surface area contributed by atoms with Gasteiger partial charge in [0.15, 0.2) is 5.78 Å². The molecule has 0 bridgehead atoms. The van der Waals surface area contributed by atoms with Gasteiger partial charge in [0.25, 0.3) is 0 Å². The number of hydrogen-bond donors (Lipinski definition) is 2. The Hall–Kier alpha value is -0.970. The van der Waals surface area contributed by atoms with Crippen molar-refractivity contribution >= 4 is 5.78 Å². The molecule has 6 atom stereocenters. The van der Waals surface area contributed by atoms with Gasteiger partial charge in [0, 0.05) is 25.0 Å². The predicted molar refractivity (Wildman–Crippen MR) is 81.0 cm³/mol. The van der Waals surface area contributed by atoms with Crippen LogP contribution < -0.4 is 0 Å². The first-order chi connectivity index (χ1) is 10.3. The zero-order valence-corrected chi connectivity index (χ0v) is 13.4. The highest BCUT2D eigenvalue weighted by Crippen LogP contribution is 2.71. The van der Waals surface area contributed by atoms with Crippen LogP contribution in [0, 0.1) is 23.2 Å². The summed E-state index contributed by atoms with van der Waals surface area (Å²) in [4.78, 5) is 12.0. The third-order valence-electron chi connectivity index (χ3n) is 6.89. The van der Waals surface area contributed by atoms with E-state index >= 15 is 0 Å². The molecule has 4 aliphatic rings. The largest absolute Gasteiger partial charge is 0.390 e. The Morgan fingerprint density at radius 2 is 2.05 bits per heavy atom. The van der Waals surface area contributed by atoms with Gasteiger partial charge in [-0.05, 0) is 36.2 Å². The summed E-state index contributed by atoms with van der Waals surface area (Å²) in [6.07, 6.45) is 6.15. The Morgan fingerprint density at radius 3 is 2.73 bits per heavy atom. The molecule has 0 aliphatic heterocycles. The lowest BCUT2D eigenvalue weighted by Crippen LogP contribution is -2.57. The van der Waals surface area contributed by atoms with Gasteiger partial charge in [-0.1, -0.05) is 26.0 Å². The van der Waals surface area contributed by atoms with E-state index in [2.05, 4.69) is 13.8 Å². The maximum Gasteiger partial charge on any atom is 0.159 e. The van der Waals surface area contributed by atoms with Crippen LogP contribution in [-0.2, 0) is 9.53 Å². The summed E-state index contributed by atoms with van der Waals surface area (Å²) in [5.74, 6) is 0.741. The van der Waals surface area contributed by atoms with Crippen LogP contribution in [0.15, 0.2) is 23.8 Å².